The first-order valence-electron chi connectivity index (χ1n) is 16.0. The Hall–Kier alpha value is -2.61. The van der Waals surface area contributed by atoms with Crippen LogP contribution in [0.5, 0.6) is 0 Å². The number of carbonyl (C=O) groups excluding carboxylic acids is 1. The van der Waals surface area contributed by atoms with Gasteiger partial charge in [-0.1, -0.05) is 26.8 Å². The van der Waals surface area contributed by atoms with Crippen molar-refractivity contribution in [3.63, 3.8) is 0 Å². The number of hydrogen-bond acceptors (Lipinski definition) is 6. The van der Waals surface area contributed by atoms with Crippen LogP contribution in [0.4, 0.5) is 11.5 Å². The summed E-state index contributed by atoms with van der Waals surface area (Å²) in [5.41, 5.74) is 1.55. The Kier molecular flexibility index (Phi) is 7.60. The van der Waals surface area contributed by atoms with E-state index in [1.807, 2.05) is 12.1 Å². The van der Waals surface area contributed by atoms with Gasteiger partial charge in [0.25, 0.3) is 15.9 Å². The number of sulfonamides is 1. The molecule has 0 radical (unpaired) electrons. The standard InChI is InChI=1S/C34H48N4O3S/c1-33(2,3)30-18-17-29-31(36-30)38-21-22(20-34(38,4)5)9-14-25(15-16-28(23-10-11-23)24-12-13-24)35-26-7-6-8-27(19-26)42(40,41)37-32(29)39/h6-8,17-19,22-25,28,35H,9-16,20-21H2,1-5H3,(H,37,39)/t22-,25-/m0/s1. The van der Waals surface area contributed by atoms with Gasteiger partial charge in [-0.25, -0.2) is 18.1 Å². The highest BCUT2D eigenvalue weighted by atomic mass is 32.2. The van der Waals surface area contributed by atoms with E-state index >= 15 is 0 Å². The van der Waals surface area contributed by atoms with Crippen molar-refractivity contribution in [1.29, 1.82) is 0 Å². The van der Waals surface area contributed by atoms with E-state index in [-0.39, 0.29) is 21.9 Å². The number of pyridine rings is 1. The van der Waals surface area contributed by atoms with Crippen molar-refractivity contribution < 1.29 is 13.2 Å². The third kappa shape index (κ3) is 6.34. The van der Waals surface area contributed by atoms with Gasteiger partial charge in [0.1, 0.15) is 5.82 Å². The molecular formula is C34H48N4O3S. The quantitative estimate of drug-likeness (QED) is 0.393. The molecule has 4 aliphatic rings. The maximum atomic E-state index is 13.6. The Balaban J connectivity index is 1.35. The van der Waals surface area contributed by atoms with Crippen LogP contribution in [0.25, 0.3) is 0 Å². The highest BCUT2D eigenvalue weighted by Crippen LogP contribution is 2.51. The predicted octanol–water partition coefficient (Wildman–Crippen LogP) is 6.89. The summed E-state index contributed by atoms with van der Waals surface area (Å²) in [5.74, 6) is 3.10. The molecule has 0 unspecified atom stereocenters. The van der Waals surface area contributed by atoms with Gasteiger partial charge in [0.15, 0.2) is 0 Å². The van der Waals surface area contributed by atoms with Gasteiger partial charge in [0.05, 0.1) is 10.5 Å². The normalized spacial score (nSPS) is 25.7. The van der Waals surface area contributed by atoms with Gasteiger partial charge in [0.2, 0.25) is 0 Å². The molecule has 4 bridgehead atoms. The van der Waals surface area contributed by atoms with Gasteiger partial charge in [-0.3, -0.25) is 4.79 Å². The maximum absolute atomic E-state index is 13.6. The number of nitrogens with zero attached hydrogens (tertiary/aromatic N) is 2. The van der Waals surface area contributed by atoms with Crippen LogP contribution in [0.15, 0.2) is 41.3 Å². The fourth-order valence-corrected chi connectivity index (χ4v) is 8.46. The molecule has 2 saturated carbocycles. The average molecular weight is 593 g/mol. The van der Waals surface area contributed by atoms with Crippen LogP contribution in [-0.4, -0.2) is 37.4 Å². The third-order valence-corrected chi connectivity index (χ3v) is 11.4. The first-order valence-corrected chi connectivity index (χ1v) is 17.5. The molecule has 2 N–H and O–H groups in total. The maximum Gasteiger partial charge on any atom is 0.268 e. The lowest BCUT2D eigenvalue weighted by Gasteiger charge is -2.34. The van der Waals surface area contributed by atoms with E-state index in [2.05, 4.69) is 49.6 Å². The van der Waals surface area contributed by atoms with Gasteiger partial charge in [-0.2, -0.15) is 0 Å². The number of carbonyl (C=O) groups is 1. The summed E-state index contributed by atoms with van der Waals surface area (Å²) in [6.45, 7) is 11.6. The van der Waals surface area contributed by atoms with E-state index in [0.717, 1.165) is 61.4 Å². The van der Waals surface area contributed by atoms with E-state index in [1.54, 1.807) is 24.3 Å². The summed E-state index contributed by atoms with van der Waals surface area (Å²) in [6, 6.07) is 10.8. The van der Waals surface area contributed by atoms with E-state index in [0.29, 0.717) is 17.3 Å². The predicted molar refractivity (Wildman–Crippen MR) is 168 cm³/mol. The van der Waals surface area contributed by atoms with Gasteiger partial charge in [-0.15, -0.1) is 0 Å². The SMILES string of the molecule is CC(C)(C)c1ccc2c(n1)N1C[C@@H](CC[C@@H](CCC(C3CC3)C3CC3)Nc3cccc(c3)S(=O)(=O)NC2=O)CC1(C)C. The number of amides is 1. The molecule has 1 saturated heterocycles. The monoisotopic (exact) mass is 592 g/mol. The van der Waals surface area contributed by atoms with Crippen molar-refractivity contribution >= 4 is 27.4 Å². The Bertz CT molecular complexity index is 1430. The minimum absolute atomic E-state index is 0.0892. The lowest BCUT2D eigenvalue weighted by Crippen LogP contribution is -2.41. The van der Waals surface area contributed by atoms with Crippen LogP contribution in [-0.2, 0) is 15.4 Å². The lowest BCUT2D eigenvalue weighted by molar-refractivity contribution is 0.0981. The molecule has 42 heavy (non-hydrogen) atoms. The molecule has 8 heteroatoms. The van der Waals surface area contributed by atoms with Crippen LogP contribution in [0.3, 0.4) is 0 Å². The van der Waals surface area contributed by atoms with Crippen molar-refractivity contribution in [2.45, 2.75) is 114 Å². The summed E-state index contributed by atoms with van der Waals surface area (Å²) >= 11 is 0. The summed E-state index contributed by atoms with van der Waals surface area (Å²) < 4.78 is 29.4. The highest BCUT2D eigenvalue weighted by Gasteiger charge is 2.43. The number of anilines is 2. The molecule has 1 aromatic heterocycles. The lowest BCUT2D eigenvalue weighted by atomic mass is 9.87. The van der Waals surface area contributed by atoms with Crippen LogP contribution >= 0.6 is 0 Å². The Morgan fingerprint density at radius 1 is 1.02 bits per heavy atom. The fraction of sp³-hybridized carbons (Fsp3) is 0.647. The van der Waals surface area contributed by atoms with E-state index in [9.17, 15) is 13.2 Å². The van der Waals surface area contributed by atoms with Crippen LogP contribution in [0, 0.1) is 23.7 Å². The molecule has 2 aromatic rings. The van der Waals surface area contributed by atoms with E-state index in [4.69, 9.17) is 4.98 Å². The van der Waals surface area contributed by atoms with Crippen LogP contribution < -0.4 is 14.9 Å². The smallest absolute Gasteiger partial charge is 0.268 e. The van der Waals surface area contributed by atoms with Crippen LogP contribution in [0.1, 0.15) is 108 Å². The summed E-state index contributed by atoms with van der Waals surface area (Å²) in [4.78, 5) is 21.0. The highest BCUT2D eigenvalue weighted by molar-refractivity contribution is 7.90. The van der Waals surface area contributed by atoms with Crippen LogP contribution in [0.2, 0.25) is 0 Å². The molecule has 3 heterocycles. The zero-order chi connectivity index (χ0) is 29.9. The molecule has 1 aromatic carbocycles. The summed E-state index contributed by atoms with van der Waals surface area (Å²) in [5, 5.41) is 3.73. The number of rotatable bonds is 5. The minimum atomic E-state index is -4.09. The molecule has 0 spiro atoms. The molecule has 2 atom stereocenters. The summed E-state index contributed by atoms with van der Waals surface area (Å²) in [7, 11) is -4.09. The molecule has 7 nitrogen and oxygen atoms in total. The second-order valence-corrected chi connectivity index (χ2v) is 16.8. The van der Waals surface area contributed by atoms with Crippen molar-refractivity contribution in [2.75, 3.05) is 16.8 Å². The zero-order valence-corrected chi connectivity index (χ0v) is 26.8. The van der Waals surface area contributed by atoms with Gasteiger partial charge in [0, 0.05) is 34.9 Å². The largest absolute Gasteiger partial charge is 0.382 e. The molecule has 228 valence electrons. The molecule has 1 amide bonds. The van der Waals surface area contributed by atoms with E-state index in [1.165, 1.54) is 32.1 Å². The molecule has 2 aliphatic heterocycles. The van der Waals surface area contributed by atoms with E-state index < -0.39 is 15.9 Å². The minimum Gasteiger partial charge on any atom is -0.382 e. The first kappa shape index (κ1) is 29.5. The number of aromatic nitrogens is 1. The average Bonchev–Trinajstić information content (AvgIpc) is 3.84. The number of benzene rings is 1. The van der Waals surface area contributed by atoms with Gasteiger partial charge < -0.3 is 10.2 Å². The zero-order valence-electron chi connectivity index (χ0n) is 25.9. The summed E-state index contributed by atoms with van der Waals surface area (Å²) in [6.07, 6.45) is 11.0. The topological polar surface area (TPSA) is 91.4 Å². The third-order valence-electron chi connectivity index (χ3n) is 10.1. The fourth-order valence-electron chi connectivity index (χ4n) is 7.45. The Morgan fingerprint density at radius 3 is 2.40 bits per heavy atom. The van der Waals surface area contributed by atoms with Gasteiger partial charge >= 0.3 is 0 Å². The molecular weight excluding hydrogens is 544 g/mol. The Labute approximate surface area is 252 Å². The first-order chi connectivity index (χ1) is 19.8. The second-order valence-electron chi connectivity index (χ2n) is 15.1. The number of nitrogens with one attached hydrogen (secondary N) is 2. The molecule has 2 aliphatic carbocycles. The number of fused-ring (bicyclic) bond motifs is 6. The van der Waals surface area contributed by atoms with Crippen molar-refractivity contribution in [3.05, 3.63) is 47.7 Å². The van der Waals surface area contributed by atoms with Crippen molar-refractivity contribution in [3.8, 4) is 0 Å². The molecule has 6 rings (SSSR count). The van der Waals surface area contributed by atoms with Crippen molar-refractivity contribution in [2.24, 2.45) is 23.7 Å². The number of hydrogen-bond donors (Lipinski definition) is 2. The van der Waals surface area contributed by atoms with Gasteiger partial charge in [-0.05, 0) is 126 Å². The molecule has 3 fully saturated rings. The second kappa shape index (κ2) is 10.8. The Morgan fingerprint density at radius 2 is 1.74 bits per heavy atom. The van der Waals surface area contributed by atoms with Crippen molar-refractivity contribution in [1.82, 2.24) is 9.71 Å².